The average molecular weight is 505 g/mol. The summed E-state index contributed by atoms with van der Waals surface area (Å²) in [7, 11) is 0. The van der Waals surface area contributed by atoms with Gasteiger partial charge < -0.3 is 27.4 Å². The van der Waals surface area contributed by atoms with Gasteiger partial charge in [0, 0.05) is 43.5 Å². The summed E-state index contributed by atoms with van der Waals surface area (Å²) in [6.45, 7) is 1.24. The van der Waals surface area contributed by atoms with Crippen molar-refractivity contribution >= 4 is 28.4 Å². The Labute approximate surface area is 217 Å². The molecular formula is C28H36N6O3. The van der Waals surface area contributed by atoms with Gasteiger partial charge in [-0.05, 0) is 29.9 Å². The normalized spacial score (nSPS) is 12.6. The summed E-state index contributed by atoms with van der Waals surface area (Å²) in [6.07, 6.45) is 2.61. The minimum Gasteiger partial charge on any atom is -0.345 e. The first-order chi connectivity index (χ1) is 17.9. The highest BCUT2D eigenvalue weighted by atomic mass is 16.2. The molecule has 2 atom stereocenters. The van der Waals surface area contributed by atoms with Gasteiger partial charge in [0.15, 0.2) is 5.78 Å². The van der Waals surface area contributed by atoms with Crippen molar-refractivity contribution in [2.75, 3.05) is 26.2 Å². The summed E-state index contributed by atoms with van der Waals surface area (Å²) in [5, 5.41) is 4.77. The molecule has 1 aromatic heterocycles. The van der Waals surface area contributed by atoms with Crippen molar-refractivity contribution in [2.24, 2.45) is 17.2 Å². The highest BCUT2D eigenvalue weighted by Gasteiger charge is 2.26. The van der Waals surface area contributed by atoms with E-state index >= 15 is 0 Å². The van der Waals surface area contributed by atoms with Gasteiger partial charge in [-0.2, -0.15) is 0 Å². The molecule has 0 radical (unpaired) electrons. The molecule has 196 valence electrons. The maximum Gasteiger partial charge on any atom is 0.238 e. The van der Waals surface area contributed by atoms with E-state index in [2.05, 4.69) is 10.3 Å². The topological polar surface area (TPSA) is 157 Å². The molecule has 0 fully saturated rings. The minimum atomic E-state index is -1.10. The van der Waals surface area contributed by atoms with Crippen molar-refractivity contribution in [2.45, 2.75) is 37.8 Å². The van der Waals surface area contributed by atoms with Crippen molar-refractivity contribution in [1.82, 2.24) is 15.2 Å². The molecule has 0 aliphatic heterocycles. The van der Waals surface area contributed by atoms with Crippen LogP contribution >= 0.6 is 0 Å². The van der Waals surface area contributed by atoms with Crippen LogP contribution in [0, 0.1) is 0 Å². The van der Waals surface area contributed by atoms with E-state index in [1.54, 1.807) is 6.20 Å². The fraction of sp³-hybridized carbons (Fsp3) is 0.357. The zero-order valence-electron chi connectivity index (χ0n) is 21.0. The molecule has 0 aliphatic rings. The lowest BCUT2D eigenvalue weighted by Gasteiger charge is -2.24. The van der Waals surface area contributed by atoms with Crippen molar-refractivity contribution in [1.29, 1.82) is 0 Å². The lowest BCUT2D eigenvalue weighted by Crippen LogP contribution is -2.51. The first kappa shape index (κ1) is 27.9. The van der Waals surface area contributed by atoms with Crippen molar-refractivity contribution in [3.63, 3.8) is 0 Å². The van der Waals surface area contributed by atoms with Crippen LogP contribution in [-0.4, -0.2) is 65.7 Å². The highest BCUT2D eigenvalue weighted by Crippen LogP contribution is 2.15. The predicted octanol–water partition coefficient (Wildman–Crippen LogP) is 0.927. The maximum absolute atomic E-state index is 13.3. The van der Waals surface area contributed by atoms with Gasteiger partial charge in [-0.3, -0.25) is 19.4 Å². The van der Waals surface area contributed by atoms with Crippen LogP contribution in [0.25, 0.3) is 10.8 Å². The standard InChI is InChI=1S/C28H36N6O3/c29-12-14-34(15-13-30)27(36)18-24(31)28(37)33-25(11-10-20-6-2-1-3-7-20)26(35)17-23-16-21-8-4-5-9-22(21)19-32-23/h1-9,16,19,24-25H,10-15,17-18,29-31H2,(H,33,37)/t24-,25-/m0/s1. The summed E-state index contributed by atoms with van der Waals surface area (Å²) in [5.41, 5.74) is 18.9. The first-order valence-corrected chi connectivity index (χ1v) is 12.6. The largest absolute Gasteiger partial charge is 0.345 e. The number of carbonyl (C=O) groups is 3. The van der Waals surface area contributed by atoms with E-state index in [4.69, 9.17) is 17.2 Å². The highest BCUT2D eigenvalue weighted by molar-refractivity contribution is 5.94. The molecule has 0 aliphatic carbocycles. The summed E-state index contributed by atoms with van der Waals surface area (Å²) >= 11 is 0. The van der Waals surface area contributed by atoms with Crippen molar-refractivity contribution < 1.29 is 14.4 Å². The molecule has 9 nitrogen and oxygen atoms in total. The Morgan fingerprint density at radius 1 is 0.919 bits per heavy atom. The summed E-state index contributed by atoms with van der Waals surface area (Å²) < 4.78 is 0. The second kappa shape index (κ2) is 14.2. The zero-order valence-corrected chi connectivity index (χ0v) is 21.0. The quantitative estimate of drug-likeness (QED) is 0.254. The smallest absolute Gasteiger partial charge is 0.238 e. The molecule has 2 amide bonds. The predicted molar refractivity (Wildman–Crippen MR) is 144 cm³/mol. The van der Waals surface area contributed by atoms with Crippen LogP contribution in [0.15, 0.2) is 66.9 Å². The van der Waals surface area contributed by atoms with Crippen LogP contribution in [0.4, 0.5) is 0 Å². The van der Waals surface area contributed by atoms with E-state index in [1.165, 1.54) is 4.90 Å². The number of nitrogens with two attached hydrogens (primary N) is 3. The third-order valence-electron chi connectivity index (χ3n) is 6.19. The minimum absolute atomic E-state index is 0.0690. The van der Waals surface area contributed by atoms with E-state index in [1.807, 2.05) is 60.7 Å². The molecule has 2 aromatic carbocycles. The number of carbonyl (C=O) groups excluding carboxylic acids is 3. The fourth-order valence-corrected chi connectivity index (χ4v) is 4.16. The molecule has 1 heterocycles. The fourth-order valence-electron chi connectivity index (χ4n) is 4.16. The Hall–Kier alpha value is -3.66. The van der Waals surface area contributed by atoms with Crippen LogP contribution < -0.4 is 22.5 Å². The molecule has 0 saturated carbocycles. The Balaban J connectivity index is 1.69. The maximum atomic E-state index is 13.3. The number of hydrogen-bond donors (Lipinski definition) is 4. The summed E-state index contributed by atoms with van der Waals surface area (Å²) in [5.74, 6) is -1.02. The van der Waals surface area contributed by atoms with Crippen LogP contribution in [0.2, 0.25) is 0 Å². The Morgan fingerprint density at radius 3 is 2.24 bits per heavy atom. The molecule has 37 heavy (non-hydrogen) atoms. The number of hydrogen-bond acceptors (Lipinski definition) is 7. The Kier molecular flexibility index (Phi) is 10.7. The molecule has 9 heteroatoms. The van der Waals surface area contributed by atoms with E-state index in [0.717, 1.165) is 16.3 Å². The van der Waals surface area contributed by atoms with Gasteiger partial charge in [0.05, 0.1) is 24.9 Å². The number of nitrogens with zero attached hydrogens (tertiary/aromatic N) is 2. The second-order valence-corrected chi connectivity index (χ2v) is 9.02. The van der Waals surface area contributed by atoms with Gasteiger partial charge in [0.25, 0.3) is 0 Å². The van der Waals surface area contributed by atoms with Crippen LogP contribution in [0.3, 0.4) is 0 Å². The van der Waals surface area contributed by atoms with Crippen molar-refractivity contribution in [3.05, 3.63) is 78.1 Å². The second-order valence-electron chi connectivity index (χ2n) is 9.02. The van der Waals surface area contributed by atoms with E-state index in [9.17, 15) is 14.4 Å². The third-order valence-corrected chi connectivity index (χ3v) is 6.19. The number of ketones is 1. The molecule has 3 aromatic rings. The van der Waals surface area contributed by atoms with Crippen LogP contribution in [-0.2, 0) is 27.2 Å². The lowest BCUT2D eigenvalue weighted by molar-refractivity contribution is -0.134. The number of nitrogens with one attached hydrogen (secondary N) is 1. The molecule has 3 rings (SSSR count). The number of amides is 2. The SMILES string of the molecule is NCCN(CCN)C(=O)C[C@H](N)C(=O)N[C@@H](CCc1ccccc1)C(=O)Cc1cc2ccccc2cn1. The summed E-state index contributed by atoms with van der Waals surface area (Å²) in [6, 6.07) is 17.5. The number of aryl methyl sites for hydroxylation is 1. The zero-order chi connectivity index (χ0) is 26.6. The van der Waals surface area contributed by atoms with E-state index in [-0.39, 0.29) is 37.6 Å². The van der Waals surface area contributed by atoms with Gasteiger partial charge in [-0.15, -0.1) is 0 Å². The molecule has 0 spiro atoms. The molecular weight excluding hydrogens is 468 g/mol. The first-order valence-electron chi connectivity index (χ1n) is 12.6. The van der Waals surface area contributed by atoms with Gasteiger partial charge in [-0.1, -0.05) is 54.6 Å². The third kappa shape index (κ3) is 8.45. The molecule has 0 bridgehead atoms. The van der Waals surface area contributed by atoms with Crippen LogP contribution in [0.5, 0.6) is 0 Å². The van der Waals surface area contributed by atoms with Crippen molar-refractivity contribution in [3.8, 4) is 0 Å². The molecule has 0 saturated heterocycles. The molecule has 0 unspecified atom stereocenters. The average Bonchev–Trinajstić information content (AvgIpc) is 2.91. The molecule has 7 N–H and O–H groups in total. The Bertz CT molecular complexity index is 1180. The number of pyridine rings is 1. The van der Waals surface area contributed by atoms with Crippen LogP contribution in [0.1, 0.15) is 24.1 Å². The lowest BCUT2D eigenvalue weighted by atomic mass is 9.98. The number of aromatic nitrogens is 1. The van der Waals surface area contributed by atoms with Gasteiger partial charge >= 0.3 is 0 Å². The number of Topliss-reactive ketones (excluding diaryl/α,β-unsaturated/α-hetero) is 1. The Morgan fingerprint density at radius 2 is 1.57 bits per heavy atom. The summed E-state index contributed by atoms with van der Waals surface area (Å²) in [4.78, 5) is 44.8. The number of rotatable bonds is 14. The van der Waals surface area contributed by atoms with Gasteiger partial charge in [0.1, 0.15) is 0 Å². The van der Waals surface area contributed by atoms with Gasteiger partial charge in [-0.25, -0.2) is 0 Å². The monoisotopic (exact) mass is 504 g/mol. The number of benzene rings is 2. The van der Waals surface area contributed by atoms with Gasteiger partial charge in [0.2, 0.25) is 11.8 Å². The number of fused-ring (bicyclic) bond motifs is 1. The van der Waals surface area contributed by atoms with E-state index in [0.29, 0.717) is 31.6 Å². The van der Waals surface area contributed by atoms with E-state index < -0.39 is 18.0 Å².